The van der Waals surface area contributed by atoms with Gasteiger partial charge in [0.25, 0.3) is 0 Å². The normalized spacial score (nSPS) is 11.2. The zero-order valence-corrected chi connectivity index (χ0v) is 12.0. The first-order valence-electron chi connectivity index (χ1n) is 6.57. The fraction of sp³-hybridized carbons (Fsp3) is 0.200. The smallest absolute Gasteiger partial charge is 0.186 e. The number of benzene rings is 1. The Morgan fingerprint density at radius 2 is 2.05 bits per heavy atom. The first-order chi connectivity index (χ1) is 10.1. The van der Waals surface area contributed by atoms with E-state index in [4.69, 9.17) is 11.6 Å². The lowest BCUT2D eigenvalue weighted by molar-refractivity contribution is 0.515. The second kappa shape index (κ2) is 5.41. The Labute approximate surface area is 125 Å². The van der Waals surface area contributed by atoms with E-state index in [1.165, 1.54) is 12.3 Å². The van der Waals surface area contributed by atoms with Crippen LogP contribution in [0.4, 0.5) is 8.78 Å². The van der Waals surface area contributed by atoms with Gasteiger partial charge in [0, 0.05) is 24.5 Å². The zero-order valence-electron chi connectivity index (χ0n) is 11.3. The van der Waals surface area contributed by atoms with Gasteiger partial charge < -0.3 is 4.57 Å². The van der Waals surface area contributed by atoms with E-state index in [0.717, 1.165) is 12.5 Å². The summed E-state index contributed by atoms with van der Waals surface area (Å²) in [5.74, 6) is -1.30. The van der Waals surface area contributed by atoms with Gasteiger partial charge in [-0.3, -0.25) is 4.98 Å². The lowest BCUT2D eigenvalue weighted by atomic mass is 10.2. The average Bonchev–Trinajstić information content (AvgIpc) is 2.83. The second-order valence-corrected chi connectivity index (χ2v) is 5.14. The minimum absolute atomic E-state index is 0.0263. The van der Waals surface area contributed by atoms with Crippen LogP contribution in [0.2, 0.25) is 5.02 Å². The van der Waals surface area contributed by atoms with Crippen molar-refractivity contribution in [2.45, 2.75) is 19.9 Å². The van der Waals surface area contributed by atoms with E-state index in [1.807, 2.05) is 11.5 Å². The number of hydrogen-bond donors (Lipinski definition) is 0. The lowest BCUT2D eigenvalue weighted by Gasteiger charge is -2.07. The van der Waals surface area contributed by atoms with E-state index in [-0.39, 0.29) is 5.52 Å². The molecule has 3 aromatic rings. The summed E-state index contributed by atoms with van der Waals surface area (Å²) in [7, 11) is 0. The van der Waals surface area contributed by atoms with Gasteiger partial charge in [-0.05, 0) is 24.6 Å². The van der Waals surface area contributed by atoms with Crippen molar-refractivity contribution >= 4 is 22.6 Å². The third kappa shape index (κ3) is 2.38. The van der Waals surface area contributed by atoms with Crippen LogP contribution in [-0.4, -0.2) is 14.5 Å². The maximum atomic E-state index is 13.9. The van der Waals surface area contributed by atoms with Crippen LogP contribution in [0.1, 0.15) is 13.3 Å². The topological polar surface area (TPSA) is 30.7 Å². The molecule has 0 amide bonds. The number of nitrogens with zero attached hydrogens (tertiary/aromatic N) is 3. The molecule has 0 fully saturated rings. The molecular weight excluding hydrogens is 296 g/mol. The summed E-state index contributed by atoms with van der Waals surface area (Å²) in [5, 5.41) is 0.467. The maximum Gasteiger partial charge on any atom is 0.186 e. The molecule has 0 N–H and O–H groups in total. The number of rotatable bonds is 3. The first-order valence-corrected chi connectivity index (χ1v) is 6.94. The molecule has 0 radical (unpaired) electrons. The van der Waals surface area contributed by atoms with Gasteiger partial charge in [-0.25, -0.2) is 13.8 Å². The molecule has 1 aromatic carbocycles. The molecule has 0 spiro atoms. The van der Waals surface area contributed by atoms with Crippen molar-refractivity contribution in [2.24, 2.45) is 0 Å². The molecule has 0 saturated carbocycles. The molecule has 21 heavy (non-hydrogen) atoms. The monoisotopic (exact) mass is 307 g/mol. The Morgan fingerprint density at radius 3 is 2.76 bits per heavy atom. The molecule has 0 atom stereocenters. The van der Waals surface area contributed by atoms with Gasteiger partial charge in [0.1, 0.15) is 11.3 Å². The van der Waals surface area contributed by atoms with Gasteiger partial charge in [-0.15, -0.1) is 0 Å². The van der Waals surface area contributed by atoms with Crippen molar-refractivity contribution in [3.8, 4) is 11.4 Å². The van der Waals surface area contributed by atoms with Crippen LogP contribution in [0.3, 0.4) is 0 Å². The minimum atomic E-state index is -0.932. The van der Waals surface area contributed by atoms with Gasteiger partial charge >= 0.3 is 0 Å². The molecule has 2 aromatic heterocycles. The Kier molecular flexibility index (Phi) is 3.59. The number of fused-ring (bicyclic) bond motifs is 1. The van der Waals surface area contributed by atoms with Crippen molar-refractivity contribution in [3.63, 3.8) is 0 Å². The van der Waals surface area contributed by atoms with Crippen molar-refractivity contribution in [1.29, 1.82) is 0 Å². The van der Waals surface area contributed by atoms with Crippen molar-refractivity contribution < 1.29 is 8.78 Å². The molecule has 3 rings (SSSR count). The molecule has 0 saturated heterocycles. The van der Waals surface area contributed by atoms with Gasteiger partial charge in [-0.1, -0.05) is 18.5 Å². The number of hydrogen-bond acceptors (Lipinski definition) is 2. The number of aromatic nitrogens is 3. The molecule has 3 nitrogen and oxygen atoms in total. The van der Waals surface area contributed by atoms with Crippen LogP contribution in [-0.2, 0) is 6.54 Å². The molecule has 6 heteroatoms. The molecule has 0 aliphatic carbocycles. The number of pyridine rings is 1. The Bertz CT molecular complexity index is 814. The van der Waals surface area contributed by atoms with E-state index in [0.29, 0.717) is 28.5 Å². The lowest BCUT2D eigenvalue weighted by Crippen LogP contribution is -2.00. The maximum absolute atomic E-state index is 13.9. The number of aryl methyl sites for hydroxylation is 1. The van der Waals surface area contributed by atoms with Crippen LogP contribution in [0, 0.1) is 11.6 Å². The first kappa shape index (κ1) is 13.9. The molecular formula is C15H12ClF2N3. The highest BCUT2D eigenvalue weighted by atomic mass is 35.5. The predicted molar refractivity (Wildman–Crippen MR) is 78.2 cm³/mol. The summed E-state index contributed by atoms with van der Waals surface area (Å²) in [6.07, 6.45) is 3.96. The third-order valence-corrected chi connectivity index (χ3v) is 3.43. The van der Waals surface area contributed by atoms with Crippen molar-refractivity contribution in [3.05, 3.63) is 47.2 Å². The van der Waals surface area contributed by atoms with E-state index >= 15 is 0 Å². The molecule has 0 bridgehead atoms. The highest BCUT2D eigenvalue weighted by Crippen LogP contribution is 2.28. The van der Waals surface area contributed by atoms with E-state index in [9.17, 15) is 8.78 Å². The summed E-state index contributed by atoms with van der Waals surface area (Å²) >= 11 is 5.95. The SMILES string of the molecule is CCCn1c(-c2cncc(Cl)c2)nc2c(F)c(F)ccc21. The van der Waals surface area contributed by atoms with Gasteiger partial charge in [0.15, 0.2) is 11.6 Å². The zero-order chi connectivity index (χ0) is 15.0. The van der Waals surface area contributed by atoms with E-state index in [1.54, 1.807) is 12.3 Å². The standard InChI is InChI=1S/C15H12ClF2N3/c1-2-5-21-12-4-3-11(17)13(18)14(12)20-15(21)9-6-10(16)8-19-7-9/h3-4,6-8H,2,5H2,1H3. The van der Waals surface area contributed by atoms with Crippen molar-refractivity contribution in [1.82, 2.24) is 14.5 Å². The number of imidazole rings is 1. The summed E-state index contributed by atoms with van der Waals surface area (Å²) in [6, 6.07) is 4.36. The summed E-state index contributed by atoms with van der Waals surface area (Å²) in [6.45, 7) is 2.65. The minimum Gasteiger partial charge on any atom is -0.324 e. The molecule has 2 heterocycles. The van der Waals surface area contributed by atoms with Gasteiger partial charge in [0.2, 0.25) is 0 Å². The molecule has 0 unspecified atom stereocenters. The van der Waals surface area contributed by atoms with Crippen molar-refractivity contribution in [2.75, 3.05) is 0 Å². The summed E-state index contributed by atoms with van der Waals surface area (Å²) in [5.41, 5.74) is 1.26. The molecule has 108 valence electrons. The fourth-order valence-corrected chi connectivity index (χ4v) is 2.51. The van der Waals surface area contributed by atoms with Gasteiger partial charge in [0.05, 0.1) is 10.5 Å². The van der Waals surface area contributed by atoms with Crippen LogP contribution in [0.25, 0.3) is 22.4 Å². The highest BCUT2D eigenvalue weighted by Gasteiger charge is 2.17. The van der Waals surface area contributed by atoms with Crippen LogP contribution in [0.15, 0.2) is 30.6 Å². The summed E-state index contributed by atoms with van der Waals surface area (Å²) in [4.78, 5) is 8.27. The van der Waals surface area contributed by atoms with Gasteiger partial charge in [-0.2, -0.15) is 0 Å². The molecule has 0 aliphatic rings. The quantitative estimate of drug-likeness (QED) is 0.716. The Balaban J connectivity index is 2.31. The highest BCUT2D eigenvalue weighted by molar-refractivity contribution is 6.30. The number of halogens is 3. The Hall–Kier alpha value is -2.01. The summed E-state index contributed by atoms with van der Waals surface area (Å²) < 4.78 is 29.2. The predicted octanol–water partition coefficient (Wildman–Crippen LogP) is 4.44. The van der Waals surface area contributed by atoms with Crippen LogP contribution >= 0.6 is 11.6 Å². The second-order valence-electron chi connectivity index (χ2n) is 4.71. The fourth-order valence-electron chi connectivity index (χ4n) is 2.34. The van der Waals surface area contributed by atoms with Crippen LogP contribution < -0.4 is 0 Å². The third-order valence-electron chi connectivity index (χ3n) is 3.22. The largest absolute Gasteiger partial charge is 0.324 e. The Morgan fingerprint density at radius 1 is 1.24 bits per heavy atom. The van der Waals surface area contributed by atoms with Crippen LogP contribution in [0.5, 0.6) is 0 Å². The van der Waals surface area contributed by atoms with E-state index in [2.05, 4.69) is 9.97 Å². The molecule has 0 aliphatic heterocycles. The average molecular weight is 308 g/mol. The van der Waals surface area contributed by atoms with E-state index < -0.39 is 11.6 Å².